The number of nitrogens with one attached hydrogen (secondary N) is 2. The number of ether oxygens (including phenoxy) is 1. The lowest BCUT2D eigenvalue weighted by Crippen LogP contribution is -2.38. The number of amides is 2. The number of benzene rings is 1. The quantitative estimate of drug-likeness (QED) is 0.756. The molecule has 2 heterocycles. The van der Waals surface area contributed by atoms with E-state index in [1.165, 1.54) is 19.3 Å². The minimum atomic E-state index is -0.116. The van der Waals surface area contributed by atoms with Gasteiger partial charge < -0.3 is 15.4 Å². The smallest absolute Gasteiger partial charge is 0.251 e. The standard InChI is InChI=1S/C23H27N3O3/c27-22(13-16-3-2-12-24-14-16)26-19-10-8-18(9-11-19)23(28)25-15-20-4-1-5-21(29-20)17-6-7-17/h2-3,8-12,14,17,20-21H,1,4-7,13,15H2,(H,25,28)(H,26,27). The van der Waals surface area contributed by atoms with Crippen molar-refractivity contribution in [1.29, 1.82) is 0 Å². The van der Waals surface area contributed by atoms with Crippen LogP contribution in [0.25, 0.3) is 0 Å². The van der Waals surface area contributed by atoms with E-state index in [1.54, 1.807) is 42.7 Å². The van der Waals surface area contributed by atoms with Gasteiger partial charge in [0.15, 0.2) is 0 Å². The molecule has 1 aliphatic heterocycles. The summed E-state index contributed by atoms with van der Waals surface area (Å²) in [7, 11) is 0. The first-order valence-corrected chi connectivity index (χ1v) is 10.4. The summed E-state index contributed by atoms with van der Waals surface area (Å²) in [6.45, 7) is 0.547. The molecule has 2 atom stereocenters. The zero-order valence-corrected chi connectivity index (χ0v) is 16.5. The van der Waals surface area contributed by atoms with E-state index in [9.17, 15) is 9.59 Å². The largest absolute Gasteiger partial charge is 0.373 e. The second-order valence-corrected chi connectivity index (χ2v) is 7.94. The first-order chi connectivity index (χ1) is 14.2. The molecule has 1 aromatic heterocycles. The van der Waals surface area contributed by atoms with Crippen LogP contribution in [0.2, 0.25) is 0 Å². The molecule has 2 amide bonds. The third-order valence-corrected chi connectivity index (χ3v) is 5.54. The fourth-order valence-corrected chi connectivity index (χ4v) is 3.80. The molecular weight excluding hydrogens is 366 g/mol. The van der Waals surface area contributed by atoms with Gasteiger partial charge in [-0.3, -0.25) is 14.6 Å². The monoisotopic (exact) mass is 393 g/mol. The molecule has 2 aliphatic rings. The van der Waals surface area contributed by atoms with Crippen LogP contribution in [0.3, 0.4) is 0 Å². The van der Waals surface area contributed by atoms with Gasteiger partial charge in [0, 0.05) is 30.2 Å². The van der Waals surface area contributed by atoms with Crippen LogP contribution in [-0.2, 0) is 16.0 Å². The van der Waals surface area contributed by atoms with Gasteiger partial charge in [-0.15, -0.1) is 0 Å². The molecule has 2 aromatic rings. The van der Waals surface area contributed by atoms with E-state index in [4.69, 9.17) is 4.74 Å². The Hall–Kier alpha value is -2.73. The molecule has 0 radical (unpaired) electrons. The Bertz CT molecular complexity index is 834. The van der Waals surface area contributed by atoms with Gasteiger partial charge in [-0.1, -0.05) is 6.07 Å². The van der Waals surface area contributed by atoms with Crippen molar-refractivity contribution in [3.05, 3.63) is 59.9 Å². The van der Waals surface area contributed by atoms with Crippen molar-refractivity contribution < 1.29 is 14.3 Å². The number of pyridine rings is 1. The van der Waals surface area contributed by atoms with Gasteiger partial charge in [0.2, 0.25) is 5.91 Å². The number of aromatic nitrogens is 1. The molecule has 2 fully saturated rings. The Balaban J connectivity index is 1.24. The number of carbonyl (C=O) groups excluding carboxylic acids is 2. The van der Waals surface area contributed by atoms with Gasteiger partial charge in [0.05, 0.1) is 18.6 Å². The predicted octanol–water partition coefficient (Wildman–Crippen LogP) is 3.34. The zero-order chi connectivity index (χ0) is 20.1. The van der Waals surface area contributed by atoms with Crippen molar-refractivity contribution in [2.75, 3.05) is 11.9 Å². The zero-order valence-electron chi connectivity index (χ0n) is 16.5. The third kappa shape index (κ3) is 5.64. The minimum absolute atomic E-state index is 0.115. The minimum Gasteiger partial charge on any atom is -0.373 e. The normalized spacial score (nSPS) is 21.4. The summed E-state index contributed by atoms with van der Waals surface area (Å²) in [5.41, 5.74) is 2.10. The fourth-order valence-electron chi connectivity index (χ4n) is 3.80. The highest BCUT2D eigenvalue weighted by molar-refractivity contribution is 5.96. The summed E-state index contributed by atoms with van der Waals surface area (Å²) in [5, 5.41) is 5.83. The maximum Gasteiger partial charge on any atom is 0.251 e. The van der Waals surface area contributed by atoms with Crippen LogP contribution in [0.1, 0.15) is 48.0 Å². The molecule has 2 unspecified atom stereocenters. The summed E-state index contributed by atoms with van der Waals surface area (Å²) < 4.78 is 6.14. The van der Waals surface area contributed by atoms with Crippen LogP contribution in [0.4, 0.5) is 5.69 Å². The molecule has 2 N–H and O–H groups in total. The predicted molar refractivity (Wildman–Crippen MR) is 111 cm³/mol. The van der Waals surface area contributed by atoms with Gasteiger partial charge in [-0.05, 0) is 73.9 Å². The van der Waals surface area contributed by atoms with Gasteiger partial charge in [0.25, 0.3) is 5.91 Å². The van der Waals surface area contributed by atoms with Crippen molar-refractivity contribution in [1.82, 2.24) is 10.3 Å². The molecule has 152 valence electrons. The molecule has 1 aliphatic carbocycles. The van der Waals surface area contributed by atoms with Crippen LogP contribution < -0.4 is 10.6 Å². The Labute approximate surface area is 171 Å². The van der Waals surface area contributed by atoms with Gasteiger partial charge in [-0.2, -0.15) is 0 Å². The lowest BCUT2D eigenvalue weighted by atomic mass is 10.0. The molecule has 6 nitrogen and oxygen atoms in total. The van der Waals surface area contributed by atoms with Crippen molar-refractivity contribution in [2.24, 2.45) is 5.92 Å². The van der Waals surface area contributed by atoms with E-state index in [-0.39, 0.29) is 24.3 Å². The summed E-state index contributed by atoms with van der Waals surface area (Å²) in [4.78, 5) is 28.6. The van der Waals surface area contributed by atoms with Crippen molar-refractivity contribution >= 4 is 17.5 Å². The summed E-state index contributed by atoms with van der Waals surface area (Å²) in [6, 6.07) is 10.6. The van der Waals surface area contributed by atoms with Gasteiger partial charge in [0.1, 0.15) is 0 Å². The Kier molecular flexibility index (Phi) is 6.20. The molecule has 0 bridgehead atoms. The van der Waals surface area contributed by atoms with E-state index in [2.05, 4.69) is 15.6 Å². The van der Waals surface area contributed by atoms with E-state index >= 15 is 0 Å². The second-order valence-electron chi connectivity index (χ2n) is 7.94. The van der Waals surface area contributed by atoms with E-state index < -0.39 is 0 Å². The van der Waals surface area contributed by atoms with Crippen LogP contribution >= 0.6 is 0 Å². The fraction of sp³-hybridized carbons (Fsp3) is 0.435. The highest BCUT2D eigenvalue weighted by Crippen LogP contribution is 2.39. The van der Waals surface area contributed by atoms with Crippen molar-refractivity contribution in [3.63, 3.8) is 0 Å². The molecule has 4 rings (SSSR count). The topological polar surface area (TPSA) is 80.3 Å². The van der Waals surface area contributed by atoms with Crippen LogP contribution in [-0.4, -0.2) is 35.6 Å². The third-order valence-electron chi connectivity index (χ3n) is 5.54. The first-order valence-electron chi connectivity index (χ1n) is 10.4. The second kappa shape index (κ2) is 9.18. The maximum absolute atomic E-state index is 12.4. The molecule has 1 saturated heterocycles. The number of anilines is 1. The van der Waals surface area contributed by atoms with Crippen LogP contribution in [0.5, 0.6) is 0 Å². The Morgan fingerprint density at radius 3 is 2.62 bits per heavy atom. The molecule has 1 saturated carbocycles. The Morgan fingerprint density at radius 1 is 1.07 bits per heavy atom. The first kappa shape index (κ1) is 19.6. The number of hydrogen-bond donors (Lipinski definition) is 2. The summed E-state index contributed by atoms with van der Waals surface area (Å²) in [6.07, 6.45) is 10.0. The number of hydrogen-bond acceptors (Lipinski definition) is 4. The lowest BCUT2D eigenvalue weighted by molar-refractivity contribution is -0.115. The number of carbonyl (C=O) groups is 2. The Morgan fingerprint density at radius 2 is 1.90 bits per heavy atom. The highest BCUT2D eigenvalue weighted by Gasteiger charge is 2.35. The average Bonchev–Trinajstić information content (AvgIpc) is 3.59. The molecule has 1 aromatic carbocycles. The van der Waals surface area contributed by atoms with E-state index in [0.717, 1.165) is 24.3 Å². The van der Waals surface area contributed by atoms with Gasteiger partial charge in [-0.25, -0.2) is 0 Å². The van der Waals surface area contributed by atoms with Gasteiger partial charge >= 0.3 is 0 Å². The number of nitrogens with zero attached hydrogens (tertiary/aromatic N) is 1. The molecular formula is C23H27N3O3. The maximum atomic E-state index is 12.4. The van der Waals surface area contributed by atoms with Crippen LogP contribution in [0, 0.1) is 5.92 Å². The SMILES string of the molecule is O=C(Cc1cccnc1)Nc1ccc(C(=O)NCC2CCCC(C3CC3)O2)cc1. The molecule has 0 spiro atoms. The number of rotatable bonds is 7. The van der Waals surface area contributed by atoms with E-state index in [0.29, 0.717) is 23.9 Å². The average molecular weight is 393 g/mol. The van der Waals surface area contributed by atoms with Crippen molar-refractivity contribution in [3.8, 4) is 0 Å². The summed E-state index contributed by atoms with van der Waals surface area (Å²) >= 11 is 0. The highest BCUT2D eigenvalue weighted by atomic mass is 16.5. The van der Waals surface area contributed by atoms with Crippen molar-refractivity contribution in [2.45, 2.75) is 50.7 Å². The molecule has 6 heteroatoms. The summed E-state index contributed by atoms with van der Waals surface area (Å²) in [5.74, 6) is 0.514. The molecule has 29 heavy (non-hydrogen) atoms. The van der Waals surface area contributed by atoms with E-state index in [1.807, 2.05) is 6.07 Å². The van der Waals surface area contributed by atoms with Crippen LogP contribution in [0.15, 0.2) is 48.8 Å². The lowest BCUT2D eigenvalue weighted by Gasteiger charge is -2.30.